The molecule has 2 aromatic carbocycles. The Morgan fingerprint density at radius 2 is 1.76 bits per heavy atom. The lowest BCUT2D eigenvalue weighted by atomic mass is 10.0. The van der Waals surface area contributed by atoms with Crippen molar-refractivity contribution in [1.29, 1.82) is 0 Å². The van der Waals surface area contributed by atoms with Gasteiger partial charge >= 0.3 is 0 Å². The molecular weight excluding hydrogens is 484 g/mol. The monoisotopic (exact) mass is 518 g/mol. The van der Waals surface area contributed by atoms with Gasteiger partial charge in [-0.3, -0.25) is 14.4 Å². The number of unbranched alkanes of at least 4 members (excludes halogenated alkanes) is 1. The second-order valence-electron chi connectivity index (χ2n) is 9.37. The van der Waals surface area contributed by atoms with Crippen molar-refractivity contribution in [1.82, 2.24) is 30.9 Å². The van der Waals surface area contributed by atoms with E-state index in [-0.39, 0.29) is 30.7 Å². The van der Waals surface area contributed by atoms with E-state index in [1.807, 2.05) is 61.5 Å². The van der Waals surface area contributed by atoms with Gasteiger partial charge in [0.25, 0.3) is 0 Å². The molecule has 0 spiro atoms. The van der Waals surface area contributed by atoms with Crippen molar-refractivity contribution >= 4 is 17.7 Å². The van der Waals surface area contributed by atoms with Crippen molar-refractivity contribution in [2.45, 2.75) is 64.2 Å². The summed E-state index contributed by atoms with van der Waals surface area (Å²) in [6, 6.07) is 15.2. The summed E-state index contributed by atoms with van der Waals surface area (Å²) in [4.78, 5) is 39.4. The van der Waals surface area contributed by atoms with Gasteiger partial charge in [0, 0.05) is 6.42 Å². The predicted octanol–water partition coefficient (Wildman–Crippen LogP) is 1.93. The third kappa shape index (κ3) is 7.89. The zero-order chi connectivity index (χ0) is 26.7. The molecule has 38 heavy (non-hydrogen) atoms. The third-order valence-corrected chi connectivity index (χ3v) is 6.32. The van der Waals surface area contributed by atoms with Gasteiger partial charge in [-0.25, -0.2) is 4.68 Å². The van der Waals surface area contributed by atoms with E-state index < -0.39 is 12.1 Å². The Kier molecular flexibility index (Phi) is 9.44. The molecule has 2 aliphatic rings. The fourth-order valence-corrected chi connectivity index (χ4v) is 4.23. The Morgan fingerprint density at radius 1 is 0.974 bits per heavy atom. The summed E-state index contributed by atoms with van der Waals surface area (Å²) >= 11 is 0. The molecule has 200 valence electrons. The zero-order valence-electron chi connectivity index (χ0n) is 21.6. The lowest BCUT2D eigenvalue weighted by Crippen LogP contribution is -2.54. The van der Waals surface area contributed by atoms with Gasteiger partial charge in [-0.15, -0.1) is 5.10 Å². The van der Waals surface area contributed by atoms with Crippen molar-refractivity contribution in [2.24, 2.45) is 0 Å². The number of aromatic nitrogens is 3. The summed E-state index contributed by atoms with van der Waals surface area (Å²) < 4.78 is 7.44. The van der Waals surface area contributed by atoms with Gasteiger partial charge in [0.05, 0.1) is 25.7 Å². The summed E-state index contributed by atoms with van der Waals surface area (Å²) in [5.41, 5.74) is 2.31. The number of hydrogen-bond acceptors (Lipinski definition) is 6. The first-order valence-electron chi connectivity index (χ1n) is 13.0. The van der Waals surface area contributed by atoms with E-state index in [0.29, 0.717) is 37.4 Å². The highest BCUT2D eigenvalue weighted by molar-refractivity contribution is 5.92. The molecule has 3 amide bonds. The van der Waals surface area contributed by atoms with Crippen LogP contribution in [0.25, 0.3) is 0 Å². The number of rotatable bonds is 5. The Morgan fingerprint density at radius 3 is 2.53 bits per heavy atom. The summed E-state index contributed by atoms with van der Waals surface area (Å²) in [5.74, 6) is -0.296. The quantitative estimate of drug-likeness (QED) is 0.443. The largest absolute Gasteiger partial charge is 0.492 e. The summed E-state index contributed by atoms with van der Waals surface area (Å²) in [6.07, 6.45) is 4.30. The van der Waals surface area contributed by atoms with Crippen LogP contribution in [-0.2, 0) is 40.3 Å². The summed E-state index contributed by atoms with van der Waals surface area (Å²) in [5, 5.41) is 16.9. The molecule has 10 heteroatoms. The van der Waals surface area contributed by atoms with Crippen molar-refractivity contribution < 1.29 is 19.1 Å². The number of nitrogens with zero attached hydrogens (tertiary/aromatic N) is 3. The molecule has 3 heterocycles. The normalized spacial score (nSPS) is 19.1. The molecule has 2 atom stereocenters. The van der Waals surface area contributed by atoms with Crippen LogP contribution in [0.15, 0.2) is 60.8 Å². The molecule has 3 aromatic rings. The highest BCUT2D eigenvalue weighted by Crippen LogP contribution is 2.13. The Labute approximate surface area is 222 Å². The van der Waals surface area contributed by atoms with E-state index in [1.54, 1.807) is 10.9 Å². The first kappa shape index (κ1) is 26.8. The van der Waals surface area contributed by atoms with E-state index in [4.69, 9.17) is 4.74 Å². The maximum atomic E-state index is 13.4. The number of nitrogens with one attached hydrogen (secondary N) is 3. The van der Waals surface area contributed by atoms with Gasteiger partial charge in [0.1, 0.15) is 30.1 Å². The van der Waals surface area contributed by atoms with Crippen LogP contribution in [0.1, 0.15) is 43.0 Å². The van der Waals surface area contributed by atoms with E-state index >= 15 is 0 Å². The molecular formula is C28H34N6O4. The van der Waals surface area contributed by atoms with Gasteiger partial charge < -0.3 is 20.7 Å². The summed E-state index contributed by atoms with van der Waals surface area (Å²) in [6.45, 7) is 3.06. The number of carbonyl (C=O) groups excluding carboxylic acids is 3. The topological polar surface area (TPSA) is 127 Å². The molecule has 0 radical (unpaired) electrons. The molecule has 0 saturated heterocycles. The van der Waals surface area contributed by atoms with Gasteiger partial charge in [0.2, 0.25) is 17.7 Å². The van der Waals surface area contributed by atoms with Crippen LogP contribution in [0.3, 0.4) is 0 Å². The van der Waals surface area contributed by atoms with E-state index in [2.05, 4.69) is 26.3 Å². The van der Waals surface area contributed by atoms with Crippen LogP contribution in [0.4, 0.5) is 0 Å². The molecule has 1 aromatic heterocycles. The van der Waals surface area contributed by atoms with Gasteiger partial charge in [-0.05, 0) is 29.7 Å². The van der Waals surface area contributed by atoms with Crippen LogP contribution in [0, 0.1) is 0 Å². The van der Waals surface area contributed by atoms with Crippen LogP contribution < -0.4 is 20.7 Å². The van der Waals surface area contributed by atoms with Crippen LogP contribution in [0.5, 0.6) is 5.75 Å². The fraction of sp³-hybridized carbons (Fsp3) is 0.393. The highest BCUT2D eigenvalue weighted by atomic mass is 16.5. The molecule has 0 aliphatic carbocycles. The molecule has 0 unspecified atom stereocenters. The molecule has 5 rings (SSSR count). The Hall–Kier alpha value is -4.21. The number of amides is 3. The van der Waals surface area contributed by atoms with Gasteiger partial charge in [-0.2, -0.15) is 0 Å². The standard InChI is InChI=1S/C28H34N6O4/c1-2-3-9-24-28(37)31-25(16-20-7-5-4-6-8-20)27(36)29-18-22-19-34(33-32-22)14-15-38-23-12-10-21(11-13-23)17-26(35)30-24/h4-8,10-13,19,24-25H,2-3,9,14-18H2,1H3,(H,29,36)(H,30,35)(H,31,37)/t24-,25-/m0/s1. The number of hydrogen-bond donors (Lipinski definition) is 3. The maximum Gasteiger partial charge on any atom is 0.243 e. The molecule has 2 aliphatic heterocycles. The Balaban J connectivity index is 1.57. The van der Waals surface area contributed by atoms with Gasteiger partial charge in [0.15, 0.2) is 0 Å². The number of fused-ring (bicyclic) bond motifs is 13. The van der Waals surface area contributed by atoms with E-state index in [1.165, 1.54) is 0 Å². The van der Waals surface area contributed by atoms with Crippen molar-refractivity contribution in [3.8, 4) is 5.75 Å². The van der Waals surface area contributed by atoms with Crippen LogP contribution >= 0.6 is 0 Å². The van der Waals surface area contributed by atoms with Crippen molar-refractivity contribution in [2.75, 3.05) is 6.61 Å². The summed E-state index contributed by atoms with van der Waals surface area (Å²) in [7, 11) is 0. The highest BCUT2D eigenvalue weighted by Gasteiger charge is 2.27. The number of carbonyl (C=O) groups is 3. The third-order valence-electron chi connectivity index (χ3n) is 6.32. The van der Waals surface area contributed by atoms with Gasteiger partial charge in [-0.1, -0.05) is 67.4 Å². The average molecular weight is 519 g/mol. The average Bonchev–Trinajstić information content (AvgIpc) is 3.38. The minimum Gasteiger partial charge on any atom is -0.492 e. The lowest BCUT2D eigenvalue weighted by Gasteiger charge is -2.23. The first-order valence-corrected chi connectivity index (χ1v) is 13.0. The minimum atomic E-state index is -0.826. The van der Waals surface area contributed by atoms with Crippen molar-refractivity contribution in [3.63, 3.8) is 0 Å². The van der Waals surface area contributed by atoms with Crippen molar-refractivity contribution in [3.05, 3.63) is 77.6 Å². The van der Waals surface area contributed by atoms with E-state index in [9.17, 15) is 14.4 Å². The SMILES string of the molecule is CCCC[C@@H]1NC(=O)Cc2ccc(cc2)OCCn2cc(nn2)CNC(=O)[C@H](Cc2ccccc2)NC1=O. The predicted molar refractivity (Wildman–Crippen MR) is 141 cm³/mol. The Bertz CT molecular complexity index is 1210. The second kappa shape index (κ2) is 13.4. The second-order valence-corrected chi connectivity index (χ2v) is 9.37. The molecule has 0 saturated carbocycles. The lowest BCUT2D eigenvalue weighted by molar-refractivity contribution is -0.132. The van der Waals surface area contributed by atoms with Crippen LogP contribution in [0.2, 0.25) is 0 Å². The fourth-order valence-electron chi connectivity index (χ4n) is 4.23. The van der Waals surface area contributed by atoms with E-state index in [0.717, 1.165) is 24.0 Å². The number of benzene rings is 2. The molecule has 3 N–H and O–H groups in total. The number of ether oxygens (including phenoxy) is 1. The molecule has 0 fully saturated rings. The first-order chi connectivity index (χ1) is 18.5. The minimum absolute atomic E-state index is 0.131. The smallest absolute Gasteiger partial charge is 0.243 e. The van der Waals surface area contributed by atoms with Crippen LogP contribution in [-0.4, -0.2) is 51.4 Å². The maximum absolute atomic E-state index is 13.4. The zero-order valence-corrected chi connectivity index (χ0v) is 21.6. The molecule has 4 bridgehead atoms. The molecule has 10 nitrogen and oxygen atoms in total.